The third kappa shape index (κ3) is 2.96. The molecule has 3 nitrogen and oxygen atoms in total. The largest absolute Gasteiger partial charge is 0.344 e. The average Bonchev–Trinajstić information content (AvgIpc) is 1.88. The Hall–Kier alpha value is -0.450. The van der Waals surface area contributed by atoms with Crippen molar-refractivity contribution in [1.82, 2.24) is 11.1 Å². The number of nitrogens with zero attached hydrogens (tertiary/aromatic N) is 1. The highest BCUT2D eigenvalue weighted by Gasteiger charge is 1.97. The molecule has 1 unspecified atom stereocenters. The van der Waals surface area contributed by atoms with Crippen LogP contribution in [0.25, 0.3) is 0 Å². The van der Waals surface area contributed by atoms with E-state index in [0.29, 0.717) is 0 Å². The van der Waals surface area contributed by atoms with Gasteiger partial charge in [-0.1, -0.05) is 0 Å². The zero-order valence-corrected chi connectivity index (χ0v) is 8.01. The fourth-order valence-electron chi connectivity index (χ4n) is 0.657. The van der Waals surface area contributed by atoms with Crippen molar-refractivity contribution in [3.05, 3.63) is 28.5 Å². The van der Waals surface area contributed by atoms with Crippen molar-refractivity contribution in [3.63, 3.8) is 0 Å². The Morgan fingerprint density at radius 3 is 2.55 bits per heavy atom. The van der Waals surface area contributed by atoms with Crippen LogP contribution in [0, 0.1) is 0 Å². The van der Waals surface area contributed by atoms with Crippen LogP contribution in [0.1, 0.15) is 18.7 Å². The monoisotopic (exact) mass is 217 g/mol. The second kappa shape index (κ2) is 4.43. The van der Waals surface area contributed by atoms with Crippen LogP contribution < -0.4 is 11.9 Å². The quantitative estimate of drug-likeness (QED) is 0.757. The van der Waals surface area contributed by atoms with Crippen molar-refractivity contribution < 1.29 is 0 Å². The zero-order chi connectivity index (χ0) is 7.56. The predicted octanol–water partition coefficient (Wildman–Crippen LogP) is 2.03. The molecule has 1 aromatic heterocycles. The normalized spacial score (nSPS) is 11.9. The molecular weight excluding hydrogens is 206 g/mol. The lowest BCUT2D eigenvalue weighted by atomic mass is 10.2. The van der Waals surface area contributed by atoms with Crippen molar-refractivity contribution >= 4 is 15.9 Å². The van der Waals surface area contributed by atoms with Gasteiger partial charge in [0.15, 0.2) is 0 Å². The van der Waals surface area contributed by atoms with Gasteiger partial charge in [-0.3, -0.25) is 4.98 Å². The first kappa shape index (κ1) is 10.6. The molecule has 0 saturated heterocycles. The SMILES string of the molecule is CC(N)c1ccc(Br)cn1.N. The maximum atomic E-state index is 5.59. The summed E-state index contributed by atoms with van der Waals surface area (Å²) in [4.78, 5) is 4.11. The van der Waals surface area contributed by atoms with Gasteiger partial charge in [-0.2, -0.15) is 0 Å². The summed E-state index contributed by atoms with van der Waals surface area (Å²) in [6.07, 6.45) is 1.75. The molecule has 0 aliphatic rings. The van der Waals surface area contributed by atoms with Crippen molar-refractivity contribution in [2.24, 2.45) is 5.73 Å². The number of aromatic nitrogens is 1. The van der Waals surface area contributed by atoms with Crippen LogP contribution in [-0.4, -0.2) is 4.98 Å². The first-order chi connectivity index (χ1) is 4.70. The first-order valence-electron chi connectivity index (χ1n) is 3.07. The summed E-state index contributed by atoms with van der Waals surface area (Å²) in [5, 5.41) is 0. The van der Waals surface area contributed by atoms with Crippen molar-refractivity contribution in [2.45, 2.75) is 13.0 Å². The van der Waals surface area contributed by atoms with Gasteiger partial charge in [-0.25, -0.2) is 0 Å². The molecule has 0 aliphatic carbocycles. The Morgan fingerprint density at radius 1 is 1.55 bits per heavy atom. The summed E-state index contributed by atoms with van der Waals surface area (Å²) in [7, 11) is 0. The van der Waals surface area contributed by atoms with Gasteiger partial charge in [0.1, 0.15) is 0 Å². The molecule has 0 aliphatic heterocycles. The Kier molecular flexibility index (Phi) is 4.25. The number of halogens is 1. The molecule has 0 radical (unpaired) electrons. The van der Waals surface area contributed by atoms with Gasteiger partial charge in [-0.15, -0.1) is 0 Å². The van der Waals surface area contributed by atoms with E-state index < -0.39 is 0 Å². The summed E-state index contributed by atoms with van der Waals surface area (Å²) in [5.41, 5.74) is 6.51. The van der Waals surface area contributed by atoms with E-state index in [-0.39, 0.29) is 12.2 Å². The number of hydrogen-bond acceptors (Lipinski definition) is 3. The van der Waals surface area contributed by atoms with E-state index in [9.17, 15) is 0 Å². The van der Waals surface area contributed by atoms with Crippen molar-refractivity contribution in [2.75, 3.05) is 0 Å². The molecule has 1 rings (SSSR count). The van der Waals surface area contributed by atoms with Crippen molar-refractivity contribution in [3.8, 4) is 0 Å². The lowest BCUT2D eigenvalue weighted by Crippen LogP contribution is -2.06. The Bertz CT molecular complexity index is 207. The molecule has 11 heavy (non-hydrogen) atoms. The molecule has 0 fully saturated rings. The van der Waals surface area contributed by atoms with Gasteiger partial charge in [0, 0.05) is 16.7 Å². The third-order valence-electron chi connectivity index (χ3n) is 1.22. The standard InChI is InChI=1S/C7H9BrN2.H3N/c1-5(9)7-3-2-6(8)4-10-7;/h2-5H,9H2,1H3;1H3. The summed E-state index contributed by atoms with van der Waals surface area (Å²) in [5.74, 6) is 0. The number of nitrogens with two attached hydrogens (primary N) is 1. The van der Waals surface area contributed by atoms with Gasteiger partial charge >= 0.3 is 0 Å². The molecule has 0 amide bonds. The highest BCUT2D eigenvalue weighted by atomic mass is 79.9. The molecule has 62 valence electrons. The summed E-state index contributed by atoms with van der Waals surface area (Å²) in [6, 6.07) is 3.87. The highest BCUT2D eigenvalue weighted by molar-refractivity contribution is 9.10. The number of pyridine rings is 1. The third-order valence-corrected chi connectivity index (χ3v) is 1.69. The van der Waals surface area contributed by atoms with Crippen LogP contribution in [0.5, 0.6) is 0 Å². The highest BCUT2D eigenvalue weighted by Crippen LogP contribution is 2.10. The lowest BCUT2D eigenvalue weighted by Gasteiger charge is -2.02. The summed E-state index contributed by atoms with van der Waals surface area (Å²) in [6.45, 7) is 1.91. The zero-order valence-electron chi connectivity index (χ0n) is 6.42. The Labute approximate surface area is 74.7 Å². The van der Waals surface area contributed by atoms with Crippen LogP contribution in [0.4, 0.5) is 0 Å². The molecule has 1 aromatic rings. The Balaban J connectivity index is 0.000001000. The van der Waals surface area contributed by atoms with Gasteiger partial charge in [0.25, 0.3) is 0 Å². The fraction of sp³-hybridized carbons (Fsp3) is 0.286. The molecule has 0 bridgehead atoms. The first-order valence-corrected chi connectivity index (χ1v) is 3.86. The smallest absolute Gasteiger partial charge is 0.0569 e. The van der Waals surface area contributed by atoms with Crippen LogP contribution in [-0.2, 0) is 0 Å². The Morgan fingerprint density at radius 2 is 2.18 bits per heavy atom. The molecule has 0 spiro atoms. The second-order valence-electron chi connectivity index (χ2n) is 2.19. The van der Waals surface area contributed by atoms with Crippen molar-refractivity contribution in [1.29, 1.82) is 0 Å². The molecule has 0 aromatic carbocycles. The van der Waals surface area contributed by atoms with Gasteiger partial charge < -0.3 is 11.9 Å². The van der Waals surface area contributed by atoms with Gasteiger partial charge in [0.2, 0.25) is 0 Å². The lowest BCUT2D eigenvalue weighted by molar-refractivity contribution is 0.780. The molecule has 1 atom stereocenters. The average molecular weight is 218 g/mol. The van der Waals surface area contributed by atoms with Crippen LogP contribution in [0.15, 0.2) is 22.8 Å². The minimum Gasteiger partial charge on any atom is -0.344 e. The number of rotatable bonds is 1. The molecule has 5 N–H and O–H groups in total. The van der Waals surface area contributed by atoms with Crippen LogP contribution in [0.2, 0.25) is 0 Å². The molecular formula is C7H12BrN3. The fourth-order valence-corrected chi connectivity index (χ4v) is 0.891. The van der Waals surface area contributed by atoms with E-state index in [0.717, 1.165) is 10.2 Å². The topological polar surface area (TPSA) is 73.9 Å². The van der Waals surface area contributed by atoms with Gasteiger partial charge in [-0.05, 0) is 35.0 Å². The maximum Gasteiger partial charge on any atom is 0.0569 e. The van der Waals surface area contributed by atoms with E-state index in [1.54, 1.807) is 6.20 Å². The van der Waals surface area contributed by atoms with E-state index in [1.165, 1.54) is 0 Å². The predicted molar refractivity (Wildman–Crippen MR) is 49.6 cm³/mol. The summed E-state index contributed by atoms with van der Waals surface area (Å²) < 4.78 is 0.983. The van der Waals surface area contributed by atoms with Crippen LogP contribution in [0.3, 0.4) is 0 Å². The van der Waals surface area contributed by atoms with Crippen LogP contribution >= 0.6 is 15.9 Å². The van der Waals surface area contributed by atoms with E-state index in [4.69, 9.17) is 5.73 Å². The molecule has 0 saturated carbocycles. The maximum absolute atomic E-state index is 5.59. The summed E-state index contributed by atoms with van der Waals surface area (Å²) >= 11 is 3.29. The molecule has 1 heterocycles. The molecule has 4 heteroatoms. The van der Waals surface area contributed by atoms with Gasteiger partial charge in [0.05, 0.1) is 5.69 Å². The number of hydrogen-bond donors (Lipinski definition) is 2. The second-order valence-corrected chi connectivity index (χ2v) is 3.11. The van der Waals surface area contributed by atoms with E-state index >= 15 is 0 Å². The van der Waals surface area contributed by atoms with E-state index in [1.807, 2.05) is 19.1 Å². The minimum absolute atomic E-state index is 0. The van der Waals surface area contributed by atoms with E-state index in [2.05, 4.69) is 20.9 Å². The minimum atomic E-state index is 0.